The van der Waals surface area contributed by atoms with Gasteiger partial charge in [0, 0.05) is 36.2 Å². The minimum Gasteiger partial charge on any atom is -0.497 e. The van der Waals surface area contributed by atoms with Crippen molar-refractivity contribution in [1.82, 2.24) is 10.3 Å². The van der Waals surface area contributed by atoms with Crippen LogP contribution in [0.4, 0.5) is 8.78 Å². The largest absolute Gasteiger partial charge is 0.497 e. The van der Waals surface area contributed by atoms with Crippen molar-refractivity contribution in [3.8, 4) is 5.75 Å². The molecule has 1 aliphatic rings. The van der Waals surface area contributed by atoms with Gasteiger partial charge in [-0.05, 0) is 73.7 Å². The van der Waals surface area contributed by atoms with Crippen LogP contribution in [-0.2, 0) is 11.2 Å². The zero-order valence-electron chi connectivity index (χ0n) is 20.9. The minimum atomic E-state index is -0.874. The van der Waals surface area contributed by atoms with Crippen molar-refractivity contribution in [2.75, 3.05) is 20.3 Å². The van der Waals surface area contributed by atoms with E-state index in [4.69, 9.17) is 9.47 Å². The molecule has 8 heteroatoms. The highest BCUT2D eigenvalue weighted by Gasteiger charge is 2.32. The van der Waals surface area contributed by atoms with Crippen molar-refractivity contribution in [2.45, 2.75) is 56.5 Å². The fourth-order valence-corrected chi connectivity index (χ4v) is 4.86. The lowest BCUT2D eigenvalue weighted by Crippen LogP contribution is -2.49. The third-order valence-electron chi connectivity index (χ3n) is 6.86. The molecule has 2 aromatic carbocycles. The summed E-state index contributed by atoms with van der Waals surface area (Å²) in [5, 5.41) is 23.9. The number of pyridine rings is 1. The molecule has 4 atom stereocenters. The Hall–Kier alpha value is -2.91. The summed E-state index contributed by atoms with van der Waals surface area (Å²) in [4.78, 5) is 4.45. The molecule has 6 nitrogen and oxygen atoms in total. The van der Waals surface area contributed by atoms with Crippen LogP contribution in [0.1, 0.15) is 36.8 Å². The van der Waals surface area contributed by atoms with Gasteiger partial charge in [-0.1, -0.05) is 12.2 Å². The number of rotatable bonds is 11. The second-order valence-electron chi connectivity index (χ2n) is 9.42. The smallest absolute Gasteiger partial charge is 0.130 e. The second-order valence-corrected chi connectivity index (χ2v) is 9.42. The second kappa shape index (κ2) is 13.1. The molecule has 4 rings (SSSR count). The number of aryl methyl sites for hydroxylation is 1. The molecule has 1 saturated heterocycles. The van der Waals surface area contributed by atoms with Crippen LogP contribution < -0.4 is 10.1 Å². The summed E-state index contributed by atoms with van der Waals surface area (Å²) >= 11 is 0. The van der Waals surface area contributed by atoms with E-state index in [1.807, 2.05) is 30.5 Å². The molecular weight excluding hydrogens is 478 g/mol. The quantitative estimate of drug-likeness (QED) is 0.353. The molecule has 0 spiro atoms. The minimum absolute atomic E-state index is 0.0136. The van der Waals surface area contributed by atoms with Gasteiger partial charge in [0.2, 0.25) is 0 Å². The molecule has 1 aliphatic heterocycles. The highest BCUT2D eigenvalue weighted by Crippen LogP contribution is 2.28. The number of aliphatic hydroxyl groups is 2. The number of hydrogen-bond acceptors (Lipinski definition) is 6. The summed E-state index contributed by atoms with van der Waals surface area (Å²) in [6, 6.07) is 11.2. The average molecular weight is 513 g/mol. The number of nitrogens with one attached hydrogen (secondary N) is 1. The highest BCUT2D eigenvalue weighted by molar-refractivity contribution is 5.83. The van der Waals surface area contributed by atoms with Crippen molar-refractivity contribution in [2.24, 2.45) is 0 Å². The first-order chi connectivity index (χ1) is 18.0. The van der Waals surface area contributed by atoms with Gasteiger partial charge in [-0.25, -0.2) is 8.78 Å². The number of nitrogens with zero attached hydrogens (tertiary/aromatic N) is 1. The Kier molecular flexibility index (Phi) is 9.57. The fourth-order valence-electron chi connectivity index (χ4n) is 4.86. The van der Waals surface area contributed by atoms with Crippen LogP contribution in [0.3, 0.4) is 0 Å². The van der Waals surface area contributed by atoms with Crippen LogP contribution in [0.15, 0.2) is 54.7 Å². The number of benzene rings is 2. The maximum absolute atomic E-state index is 13.8. The number of fused-ring (bicyclic) bond motifs is 1. The van der Waals surface area contributed by atoms with Gasteiger partial charge in [0.15, 0.2) is 0 Å². The van der Waals surface area contributed by atoms with E-state index >= 15 is 0 Å². The van der Waals surface area contributed by atoms with Crippen LogP contribution in [-0.4, -0.2) is 59.8 Å². The Labute approximate surface area is 216 Å². The van der Waals surface area contributed by atoms with E-state index in [1.165, 1.54) is 5.56 Å². The standard InChI is InChI=1S/C29H34F2N2O4/c1-36-24-8-10-27-25(17-24)19(12-14-33-27)4-6-23-7-11-28(29(37-23)16-22(35)18-34)32-13-2-3-20-15-21(30)5-9-26(20)31/h2-3,5,8-10,12,14-15,17,22-23,28-29,32,34-35H,4,6-7,11,13,16,18H2,1H3/b3-2+/t22-,23-,28-,29-/m1/s1. The number of halogens is 2. The van der Waals surface area contributed by atoms with Crippen LogP contribution >= 0.6 is 0 Å². The fraction of sp³-hybridized carbons (Fsp3) is 0.414. The van der Waals surface area contributed by atoms with Crippen LogP contribution in [0.25, 0.3) is 17.0 Å². The first kappa shape index (κ1) is 27.1. The van der Waals surface area contributed by atoms with E-state index in [2.05, 4.69) is 10.3 Å². The Balaban J connectivity index is 1.36. The van der Waals surface area contributed by atoms with Crippen molar-refractivity contribution in [3.63, 3.8) is 0 Å². The van der Waals surface area contributed by atoms with E-state index < -0.39 is 17.7 Å². The molecule has 3 N–H and O–H groups in total. The van der Waals surface area contributed by atoms with Gasteiger partial charge in [-0.2, -0.15) is 0 Å². The van der Waals surface area contributed by atoms with Crippen LogP contribution in [0.2, 0.25) is 0 Å². The van der Waals surface area contributed by atoms with Crippen molar-refractivity contribution < 1.29 is 28.5 Å². The molecule has 0 saturated carbocycles. The summed E-state index contributed by atoms with van der Waals surface area (Å²) in [5.41, 5.74) is 2.28. The van der Waals surface area contributed by atoms with Crippen LogP contribution in [0, 0.1) is 11.6 Å². The number of aromatic nitrogens is 1. The predicted octanol–water partition coefficient (Wildman–Crippen LogP) is 4.42. The molecule has 37 heavy (non-hydrogen) atoms. The van der Waals surface area contributed by atoms with Gasteiger partial charge in [-0.15, -0.1) is 0 Å². The Morgan fingerprint density at radius 1 is 1.19 bits per heavy atom. The Morgan fingerprint density at radius 3 is 2.86 bits per heavy atom. The lowest BCUT2D eigenvalue weighted by molar-refractivity contribution is -0.0917. The number of methoxy groups -OCH3 is 1. The first-order valence-electron chi connectivity index (χ1n) is 12.7. The molecule has 1 aromatic heterocycles. The van der Waals surface area contributed by atoms with Crippen molar-refractivity contribution in [1.29, 1.82) is 0 Å². The molecule has 0 radical (unpaired) electrons. The summed E-state index contributed by atoms with van der Waals surface area (Å²) in [6.45, 7) is 0.103. The van der Waals surface area contributed by atoms with E-state index in [-0.39, 0.29) is 30.4 Å². The molecule has 0 amide bonds. The average Bonchev–Trinajstić information content (AvgIpc) is 2.92. The molecule has 198 valence electrons. The summed E-state index contributed by atoms with van der Waals surface area (Å²) in [6.07, 6.45) is 7.57. The maximum Gasteiger partial charge on any atom is 0.130 e. The van der Waals surface area contributed by atoms with Gasteiger partial charge in [0.1, 0.15) is 17.4 Å². The lowest BCUT2D eigenvalue weighted by atomic mass is 9.92. The lowest BCUT2D eigenvalue weighted by Gasteiger charge is -2.38. The molecule has 0 aliphatic carbocycles. The van der Waals surface area contributed by atoms with Gasteiger partial charge in [-0.3, -0.25) is 4.98 Å². The van der Waals surface area contributed by atoms with E-state index in [0.29, 0.717) is 13.0 Å². The van der Waals surface area contributed by atoms with E-state index in [9.17, 15) is 19.0 Å². The summed E-state index contributed by atoms with van der Waals surface area (Å²) < 4.78 is 39.0. The number of aliphatic hydroxyl groups excluding tert-OH is 2. The Morgan fingerprint density at radius 2 is 2.05 bits per heavy atom. The topological polar surface area (TPSA) is 83.8 Å². The van der Waals surface area contributed by atoms with Gasteiger partial charge in [0.05, 0.1) is 37.5 Å². The van der Waals surface area contributed by atoms with Crippen LogP contribution in [0.5, 0.6) is 5.75 Å². The highest BCUT2D eigenvalue weighted by atomic mass is 19.1. The molecular formula is C29H34F2N2O4. The number of hydrogen-bond donors (Lipinski definition) is 3. The van der Waals surface area contributed by atoms with Gasteiger partial charge < -0.3 is 25.0 Å². The summed E-state index contributed by atoms with van der Waals surface area (Å²) in [5.74, 6) is -0.180. The normalized spacial score (nSPS) is 20.9. The molecule has 3 aromatic rings. The molecule has 2 heterocycles. The number of ether oxygens (including phenoxy) is 2. The monoisotopic (exact) mass is 512 g/mol. The SMILES string of the molecule is COc1ccc2nccc(CC[C@@H]3CC[C@@H](NC/C=C/c4cc(F)ccc4F)[C@@H](C[C@@H](O)CO)O3)c2c1. The maximum atomic E-state index is 13.8. The molecule has 0 unspecified atom stereocenters. The van der Waals surface area contributed by atoms with E-state index in [1.54, 1.807) is 19.3 Å². The predicted molar refractivity (Wildman–Crippen MR) is 139 cm³/mol. The molecule has 0 bridgehead atoms. The van der Waals surface area contributed by atoms with Crippen molar-refractivity contribution >= 4 is 17.0 Å². The molecule has 1 fully saturated rings. The summed E-state index contributed by atoms with van der Waals surface area (Å²) in [7, 11) is 1.65. The van der Waals surface area contributed by atoms with Gasteiger partial charge in [0.25, 0.3) is 0 Å². The third-order valence-corrected chi connectivity index (χ3v) is 6.86. The zero-order chi connectivity index (χ0) is 26.2. The Bertz CT molecular complexity index is 1210. The zero-order valence-corrected chi connectivity index (χ0v) is 20.9. The van der Waals surface area contributed by atoms with Crippen molar-refractivity contribution in [3.05, 3.63) is 77.5 Å². The van der Waals surface area contributed by atoms with E-state index in [0.717, 1.165) is 60.5 Å². The van der Waals surface area contributed by atoms with Gasteiger partial charge >= 0.3 is 0 Å². The third kappa shape index (κ3) is 7.32. The first-order valence-corrected chi connectivity index (χ1v) is 12.7.